The minimum Gasteiger partial charge on any atom is -0.300 e. The van der Waals surface area contributed by atoms with Gasteiger partial charge in [-0.15, -0.1) is 0 Å². The van der Waals surface area contributed by atoms with E-state index < -0.39 is 0 Å². The second-order valence-corrected chi connectivity index (χ2v) is 13.6. The third kappa shape index (κ3) is 5.45. The number of anilines is 4. The molecule has 0 amide bonds. The minimum absolute atomic E-state index is 0.190. The molecule has 238 valence electrons. The second-order valence-electron chi connectivity index (χ2n) is 13.6. The SMILES string of the molecule is CC(C)(C)C1N(c2c(-c3ccccc3)cccc2-c2ccccc2)c2nccnc2N1c1c(-c2ccccc2)cccc1-c1ccccc1. The van der Waals surface area contributed by atoms with Crippen LogP contribution in [0, 0.1) is 5.41 Å². The maximum absolute atomic E-state index is 5.15. The molecule has 4 heteroatoms. The molecule has 0 radical (unpaired) electrons. The first-order chi connectivity index (χ1) is 24.0. The molecule has 6 aromatic carbocycles. The van der Waals surface area contributed by atoms with E-state index >= 15 is 0 Å². The number of para-hydroxylation sites is 2. The van der Waals surface area contributed by atoms with Crippen molar-refractivity contribution in [1.82, 2.24) is 9.97 Å². The molecule has 0 saturated heterocycles. The number of hydrogen-bond acceptors (Lipinski definition) is 4. The van der Waals surface area contributed by atoms with E-state index in [1.807, 2.05) is 12.4 Å². The van der Waals surface area contributed by atoms with Crippen LogP contribution in [-0.2, 0) is 0 Å². The summed E-state index contributed by atoms with van der Waals surface area (Å²) in [6, 6.07) is 56.1. The zero-order chi connectivity index (χ0) is 33.4. The van der Waals surface area contributed by atoms with Crippen LogP contribution in [0.5, 0.6) is 0 Å². The molecule has 8 rings (SSSR count). The summed E-state index contributed by atoms with van der Waals surface area (Å²) in [4.78, 5) is 15.2. The van der Waals surface area contributed by atoms with Gasteiger partial charge < -0.3 is 9.80 Å². The van der Waals surface area contributed by atoms with Crippen LogP contribution in [0.3, 0.4) is 0 Å². The molecule has 49 heavy (non-hydrogen) atoms. The first-order valence-electron chi connectivity index (χ1n) is 16.9. The Morgan fingerprint density at radius 1 is 0.388 bits per heavy atom. The molecule has 2 heterocycles. The van der Waals surface area contributed by atoms with E-state index in [-0.39, 0.29) is 11.6 Å². The van der Waals surface area contributed by atoms with Crippen LogP contribution in [0.15, 0.2) is 170 Å². The van der Waals surface area contributed by atoms with E-state index in [0.717, 1.165) is 67.5 Å². The summed E-state index contributed by atoms with van der Waals surface area (Å²) in [6.07, 6.45) is 3.46. The van der Waals surface area contributed by atoms with Gasteiger partial charge in [-0.1, -0.05) is 178 Å². The van der Waals surface area contributed by atoms with E-state index in [9.17, 15) is 0 Å². The number of benzene rings is 6. The summed E-state index contributed by atoms with van der Waals surface area (Å²) in [5.41, 5.74) is 11.2. The Balaban J connectivity index is 1.47. The van der Waals surface area contributed by atoms with Crippen molar-refractivity contribution in [2.75, 3.05) is 9.80 Å². The quantitative estimate of drug-likeness (QED) is 0.182. The van der Waals surface area contributed by atoms with Gasteiger partial charge in [0.05, 0.1) is 11.4 Å². The van der Waals surface area contributed by atoms with E-state index in [1.54, 1.807) is 0 Å². The molecular weight excluding hydrogens is 597 g/mol. The van der Waals surface area contributed by atoms with Gasteiger partial charge in [0.2, 0.25) is 0 Å². The molecule has 0 aliphatic carbocycles. The second kappa shape index (κ2) is 12.6. The van der Waals surface area contributed by atoms with Crippen molar-refractivity contribution in [1.29, 1.82) is 0 Å². The molecular formula is C45H38N4. The van der Waals surface area contributed by atoms with Gasteiger partial charge in [0.15, 0.2) is 11.6 Å². The van der Waals surface area contributed by atoms with Crippen molar-refractivity contribution >= 4 is 23.0 Å². The molecule has 4 nitrogen and oxygen atoms in total. The average molecular weight is 635 g/mol. The average Bonchev–Trinajstić information content (AvgIpc) is 3.51. The van der Waals surface area contributed by atoms with Crippen molar-refractivity contribution in [3.8, 4) is 44.5 Å². The van der Waals surface area contributed by atoms with E-state index in [0.29, 0.717) is 0 Å². The van der Waals surface area contributed by atoms with Crippen LogP contribution in [0.25, 0.3) is 44.5 Å². The van der Waals surface area contributed by atoms with Gasteiger partial charge in [0.1, 0.15) is 6.17 Å². The van der Waals surface area contributed by atoms with Gasteiger partial charge in [0.25, 0.3) is 0 Å². The van der Waals surface area contributed by atoms with Gasteiger partial charge >= 0.3 is 0 Å². The Morgan fingerprint density at radius 3 is 0.939 bits per heavy atom. The van der Waals surface area contributed by atoms with Crippen molar-refractivity contribution in [2.45, 2.75) is 26.9 Å². The molecule has 7 aromatic rings. The van der Waals surface area contributed by atoms with Crippen LogP contribution >= 0.6 is 0 Å². The molecule has 0 unspecified atom stereocenters. The lowest BCUT2D eigenvalue weighted by Gasteiger charge is -2.43. The molecule has 0 fully saturated rings. The van der Waals surface area contributed by atoms with Crippen LogP contribution < -0.4 is 9.80 Å². The van der Waals surface area contributed by atoms with Gasteiger partial charge in [-0.2, -0.15) is 0 Å². The third-order valence-electron chi connectivity index (χ3n) is 9.27. The highest BCUT2D eigenvalue weighted by Crippen LogP contribution is 2.57. The highest BCUT2D eigenvalue weighted by Gasteiger charge is 2.48. The Labute approximate surface area is 289 Å². The maximum atomic E-state index is 5.15. The van der Waals surface area contributed by atoms with Crippen LogP contribution in [0.1, 0.15) is 20.8 Å². The minimum atomic E-state index is -0.266. The van der Waals surface area contributed by atoms with Crippen molar-refractivity contribution < 1.29 is 0 Å². The van der Waals surface area contributed by atoms with Crippen molar-refractivity contribution in [3.05, 3.63) is 170 Å². The predicted molar refractivity (Wildman–Crippen MR) is 204 cm³/mol. The first kappa shape index (κ1) is 30.3. The van der Waals surface area contributed by atoms with Crippen LogP contribution in [0.2, 0.25) is 0 Å². The zero-order valence-corrected chi connectivity index (χ0v) is 28.0. The number of fused-ring (bicyclic) bond motifs is 1. The van der Waals surface area contributed by atoms with Crippen LogP contribution in [0.4, 0.5) is 23.0 Å². The maximum Gasteiger partial charge on any atom is 0.178 e. The van der Waals surface area contributed by atoms with E-state index in [1.165, 1.54) is 0 Å². The summed E-state index contributed by atoms with van der Waals surface area (Å²) >= 11 is 0. The fourth-order valence-electron chi connectivity index (χ4n) is 7.25. The Kier molecular flexibility index (Phi) is 7.77. The molecule has 0 bridgehead atoms. The number of nitrogens with zero attached hydrogens (tertiary/aromatic N) is 4. The molecule has 0 atom stereocenters. The molecule has 0 spiro atoms. The smallest absolute Gasteiger partial charge is 0.178 e. The monoisotopic (exact) mass is 634 g/mol. The molecule has 1 aliphatic heterocycles. The van der Waals surface area contributed by atoms with Gasteiger partial charge in [0, 0.05) is 40.1 Å². The third-order valence-corrected chi connectivity index (χ3v) is 9.27. The fraction of sp³-hybridized carbons (Fsp3) is 0.111. The summed E-state index contributed by atoms with van der Waals surface area (Å²) in [5.74, 6) is 1.68. The van der Waals surface area contributed by atoms with Gasteiger partial charge in [-0.05, 0) is 22.3 Å². The molecule has 0 N–H and O–H groups in total. The fourth-order valence-corrected chi connectivity index (χ4v) is 7.25. The summed E-state index contributed by atoms with van der Waals surface area (Å²) in [6.45, 7) is 6.97. The highest BCUT2D eigenvalue weighted by molar-refractivity contribution is 6.01. The Hall–Kier alpha value is -6.00. The topological polar surface area (TPSA) is 32.3 Å². The lowest BCUT2D eigenvalue weighted by molar-refractivity contribution is 0.329. The zero-order valence-electron chi connectivity index (χ0n) is 28.0. The molecule has 1 aliphatic rings. The molecule has 0 saturated carbocycles. The number of hydrogen-bond donors (Lipinski definition) is 0. The lowest BCUT2D eigenvalue weighted by Crippen LogP contribution is -2.48. The summed E-state index contributed by atoms with van der Waals surface area (Å²) in [7, 11) is 0. The molecule has 1 aromatic heterocycles. The lowest BCUT2D eigenvalue weighted by atomic mass is 9.87. The van der Waals surface area contributed by atoms with E-state index in [4.69, 9.17) is 9.97 Å². The summed E-state index contributed by atoms with van der Waals surface area (Å²) < 4.78 is 0. The normalized spacial score (nSPS) is 13.0. The highest BCUT2D eigenvalue weighted by atomic mass is 15.5. The largest absolute Gasteiger partial charge is 0.300 e. The van der Waals surface area contributed by atoms with Crippen molar-refractivity contribution in [3.63, 3.8) is 0 Å². The number of aromatic nitrogens is 2. The van der Waals surface area contributed by atoms with Gasteiger partial charge in [-0.3, -0.25) is 0 Å². The summed E-state index contributed by atoms with van der Waals surface area (Å²) in [5, 5.41) is 0. The Morgan fingerprint density at radius 2 is 0.673 bits per heavy atom. The predicted octanol–water partition coefficient (Wildman–Crippen LogP) is 11.8. The first-order valence-corrected chi connectivity index (χ1v) is 16.9. The van der Waals surface area contributed by atoms with E-state index in [2.05, 4.69) is 188 Å². The van der Waals surface area contributed by atoms with Crippen LogP contribution in [-0.4, -0.2) is 16.1 Å². The van der Waals surface area contributed by atoms with Gasteiger partial charge in [-0.25, -0.2) is 9.97 Å². The number of rotatable bonds is 6. The standard InChI is InChI=1S/C45H38N4/c1-45(2,3)44-48(40-36(32-18-8-4-9-19-32)26-16-27-37(40)33-20-10-5-11-21-33)42-43(47-31-30-46-42)49(44)41-38(34-22-12-6-13-23-34)28-17-29-39(41)35-24-14-7-15-25-35/h4-31,44H,1-3H3. The Bertz CT molecular complexity index is 1940. The van der Waals surface area contributed by atoms with Crippen molar-refractivity contribution in [2.24, 2.45) is 5.41 Å².